The molecule has 1 aliphatic rings. The minimum absolute atomic E-state index is 0.261. The van der Waals surface area contributed by atoms with Gasteiger partial charge in [0.15, 0.2) is 23.2 Å². The highest BCUT2D eigenvalue weighted by molar-refractivity contribution is 5.82. The molecule has 12 nitrogen and oxygen atoms in total. The molecule has 0 amide bonds. The number of likely N-dealkylation sites (N-methyl/N-ethyl adjacent to an activating group) is 1. The summed E-state index contributed by atoms with van der Waals surface area (Å²) in [6.45, 7) is 3.31. The van der Waals surface area contributed by atoms with Crippen LogP contribution in [-0.2, 0) is 9.53 Å². The van der Waals surface area contributed by atoms with Crippen LogP contribution >= 0.6 is 0 Å². The fraction of sp³-hybridized carbons (Fsp3) is 0.647. The molecule has 0 aromatic carbocycles. The number of hydrogen-bond acceptors (Lipinski definition) is 10. The summed E-state index contributed by atoms with van der Waals surface area (Å²) in [6.07, 6.45) is -0.677. The number of hydrogen-bond donors (Lipinski definition) is 5. The molecule has 1 aliphatic heterocycles. The first kappa shape index (κ1) is 21.3. The normalized spacial score (nSPS) is 25.6. The second kappa shape index (κ2) is 8.97. The number of imidazole rings is 1. The lowest BCUT2D eigenvalue weighted by Crippen LogP contribution is -2.40. The van der Waals surface area contributed by atoms with Crippen molar-refractivity contribution in [2.75, 3.05) is 32.0 Å². The molecular formula is C17H27N7O5. The average Bonchev–Trinajstić information content (AvgIpc) is 3.23. The molecule has 2 aromatic rings. The van der Waals surface area contributed by atoms with Gasteiger partial charge in [-0.2, -0.15) is 0 Å². The van der Waals surface area contributed by atoms with Crippen LogP contribution in [0.5, 0.6) is 0 Å². The summed E-state index contributed by atoms with van der Waals surface area (Å²) in [5.74, 6) is -0.479. The van der Waals surface area contributed by atoms with Crippen LogP contribution in [0.15, 0.2) is 12.7 Å². The van der Waals surface area contributed by atoms with Crippen molar-refractivity contribution in [1.82, 2.24) is 24.4 Å². The van der Waals surface area contributed by atoms with Gasteiger partial charge in [-0.1, -0.05) is 0 Å². The van der Waals surface area contributed by atoms with Crippen LogP contribution < -0.4 is 11.1 Å². The molecule has 3 heterocycles. The predicted molar refractivity (Wildman–Crippen MR) is 103 cm³/mol. The second-order valence-electron chi connectivity index (χ2n) is 7.12. The summed E-state index contributed by atoms with van der Waals surface area (Å²) in [7, 11) is 1.77. The van der Waals surface area contributed by atoms with E-state index in [0.29, 0.717) is 36.6 Å². The van der Waals surface area contributed by atoms with E-state index in [1.54, 1.807) is 11.6 Å². The third-order valence-electron chi connectivity index (χ3n) is 4.94. The van der Waals surface area contributed by atoms with E-state index < -0.39 is 36.6 Å². The molecule has 1 fully saturated rings. The zero-order valence-corrected chi connectivity index (χ0v) is 16.3. The number of anilines is 1. The van der Waals surface area contributed by atoms with Crippen molar-refractivity contribution in [3.05, 3.63) is 12.7 Å². The van der Waals surface area contributed by atoms with Gasteiger partial charge in [-0.05, 0) is 26.9 Å². The van der Waals surface area contributed by atoms with Gasteiger partial charge in [0, 0.05) is 13.1 Å². The Balaban J connectivity index is 1.70. The minimum atomic E-state index is -1.18. The number of carboxylic acids is 1. The maximum Gasteiger partial charge on any atom is 0.320 e. The lowest BCUT2D eigenvalue weighted by Gasteiger charge is -2.23. The Morgan fingerprint density at radius 1 is 1.38 bits per heavy atom. The van der Waals surface area contributed by atoms with Crippen LogP contribution in [0.4, 0.5) is 5.82 Å². The molecule has 6 N–H and O–H groups in total. The van der Waals surface area contributed by atoms with Crippen molar-refractivity contribution < 1.29 is 24.9 Å². The van der Waals surface area contributed by atoms with Crippen molar-refractivity contribution >= 4 is 23.0 Å². The molecule has 2 aromatic heterocycles. The highest BCUT2D eigenvalue weighted by atomic mass is 16.6. The third-order valence-corrected chi connectivity index (χ3v) is 4.94. The first-order valence-electron chi connectivity index (χ1n) is 9.43. The van der Waals surface area contributed by atoms with Crippen LogP contribution in [0.1, 0.15) is 19.6 Å². The van der Waals surface area contributed by atoms with Gasteiger partial charge in [0.05, 0.1) is 6.33 Å². The number of carboxylic acid groups (broad SMARTS) is 1. The molecule has 29 heavy (non-hydrogen) atoms. The van der Waals surface area contributed by atoms with E-state index in [-0.39, 0.29) is 6.42 Å². The Labute approximate surface area is 167 Å². The van der Waals surface area contributed by atoms with Crippen molar-refractivity contribution in [2.45, 2.75) is 43.9 Å². The van der Waals surface area contributed by atoms with Gasteiger partial charge in [0.2, 0.25) is 0 Å². The van der Waals surface area contributed by atoms with E-state index in [1.807, 2.05) is 11.8 Å². The Morgan fingerprint density at radius 3 is 2.83 bits per heavy atom. The summed E-state index contributed by atoms with van der Waals surface area (Å²) in [5, 5.41) is 33.0. The number of nitrogens with two attached hydrogens (primary N) is 1. The smallest absolute Gasteiger partial charge is 0.320 e. The molecule has 0 radical (unpaired) electrons. The monoisotopic (exact) mass is 409 g/mol. The van der Waals surface area contributed by atoms with Gasteiger partial charge in [-0.25, -0.2) is 15.0 Å². The number of carbonyl (C=O) groups is 1. The molecule has 5 atom stereocenters. The van der Waals surface area contributed by atoms with Crippen molar-refractivity contribution in [3.63, 3.8) is 0 Å². The number of nitrogens with zero attached hydrogens (tertiary/aromatic N) is 5. The highest BCUT2D eigenvalue weighted by Crippen LogP contribution is 2.32. The molecular weight excluding hydrogens is 382 g/mol. The topological polar surface area (TPSA) is 172 Å². The van der Waals surface area contributed by atoms with Gasteiger partial charge in [0.1, 0.15) is 30.7 Å². The first-order valence-corrected chi connectivity index (χ1v) is 9.43. The summed E-state index contributed by atoms with van der Waals surface area (Å²) < 4.78 is 7.49. The number of ether oxygens (including phenoxy) is 1. The summed E-state index contributed by atoms with van der Waals surface area (Å²) in [6, 6.07) is -0.951. The van der Waals surface area contributed by atoms with Crippen molar-refractivity contribution in [1.29, 1.82) is 0 Å². The Bertz CT molecular complexity index is 847. The quantitative estimate of drug-likeness (QED) is 0.330. The standard InChI is InChI=1S/C17H27N7O5/c1-3-19-14-11-15(21-7-20-14)24(8-22-11)16-13(26)12(25)10(29-16)6-23(2)5-4-9(18)17(27)28/h7-10,12-13,16,25-26H,3-6,18H2,1-2H3,(H,27,28)(H,19,20,21)/t9?,10-,12-,13-,16-/m1/s1. The molecule has 3 rings (SSSR count). The molecule has 0 spiro atoms. The predicted octanol–water partition coefficient (Wildman–Crippen LogP) is -1.39. The second-order valence-corrected chi connectivity index (χ2v) is 7.12. The van der Waals surface area contributed by atoms with Crippen LogP contribution in [0, 0.1) is 0 Å². The molecule has 160 valence electrons. The fourth-order valence-corrected chi connectivity index (χ4v) is 3.33. The lowest BCUT2D eigenvalue weighted by molar-refractivity contribution is -0.138. The minimum Gasteiger partial charge on any atom is -0.480 e. The largest absolute Gasteiger partial charge is 0.480 e. The van der Waals surface area contributed by atoms with E-state index in [0.717, 1.165) is 0 Å². The molecule has 1 saturated heterocycles. The van der Waals surface area contributed by atoms with Gasteiger partial charge >= 0.3 is 5.97 Å². The fourth-order valence-electron chi connectivity index (χ4n) is 3.33. The Morgan fingerprint density at radius 2 is 2.14 bits per heavy atom. The zero-order valence-electron chi connectivity index (χ0n) is 16.3. The number of fused-ring (bicyclic) bond motifs is 1. The van der Waals surface area contributed by atoms with Gasteiger partial charge in [-0.15, -0.1) is 0 Å². The number of aliphatic carboxylic acids is 1. The maximum absolute atomic E-state index is 10.8. The first-order chi connectivity index (χ1) is 13.8. The number of aromatic nitrogens is 4. The molecule has 12 heteroatoms. The molecule has 0 aliphatic carbocycles. The number of nitrogens with one attached hydrogen (secondary N) is 1. The van der Waals surface area contributed by atoms with E-state index in [1.165, 1.54) is 12.7 Å². The maximum atomic E-state index is 10.8. The van der Waals surface area contributed by atoms with E-state index in [4.69, 9.17) is 15.6 Å². The zero-order chi connectivity index (χ0) is 21.1. The van der Waals surface area contributed by atoms with Crippen LogP contribution in [-0.4, -0.2) is 96.7 Å². The lowest BCUT2D eigenvalue weighted by atomic mass is 10.1. The van der Waals surface area contributed by atoms with Gasteiger partial charge < -0.3 is 36.0 Å². The van der Waals surface area contributed by atoms with E-state index >= 15 is 0 Å². The van der Waals surface area contributed by atoms with Gasteiger partial charge in [0.25, 0.3) is 0 Å². The van der Waals surface area contributed by atoms with Crippen LogP contribution in [0.2, 0.25) is 0 Å². The molecule has 1 unspecified atom stereocenters. The Hall–Kier alpha value is -2.38. The SMILES string of the molecule is CCNc1ncnc2c1ncn2[C@@H]1O[C@H](CN(C)CCC(N)C(=O)O)[C@@H](O)[C@H]1O. The van der Waals surface area contributed by atoms with Crippen molar-refractivity contribution in [2.24, 2.45) is 5.73 Å². The summed E-state index contributed by atoms with van der Waals surface area (Å²) in [5.41, 5.74) is 6.55. The summed E-state index contributed by atoms with van der Waals surface area (Å²) in [4.78, 5) is 25.4. The van der Waals surface area contributed by atoms with E-state index in [9.17, 15) is 15.0 Å². The number of rotatable bonds is 9. The Kier molecular flexibility index (Phi) is 6.59. The van der Waals surface area contributed by atoms with E-state index in [2.05, 4.69) is 20.3 Å². The van der Waals surface area contributed by atoms with Crippen molar-refractivity contribution in [3.8, 4) is 0 Å². The average molecular weight is 409 g/mol. The number of aliphatic hydroxyl groups is 2. The number of aliphatic hydroxyl groups excluding tert-OH is 2. The summed E-state index contributed by atoms with van der Waals surface area (Å²) >= 11 is 0. The van der Waals surface area contributed by atoms with Gasteiger partial charge in [-0.3, -0.25) is 9.36 Å². The molecule has 0 saturated carbocycles. The highest BCUT2D eigenvalue weighted by Gasteiger charge is 2.44. The van der Waals surface area contributed by atoms with Crippen LogP contribution in [0.25, 0.3) is 11.2 Å². The molecule has 0 bridgehead atoms. The van der Waals surface area contributed by atoms with Crippen LogP contribution in [0.3, 0.4) is 0 Å². The third kappa shape index (κ3) is 4.46.